The standard InChI is InChI=1S/C16H23NO4S/c1-4-5-10-22-12(3)16(19)21-14-8-6-13(7-9-14)20-11(2)15(17)18/h6-9,11-12H,4-5,10H2,1-3H3,(H2,17,18)/t11-,12-/m0/s1. The van der Waals surface area contributed by atoms with Crippen LogP contribution in [-0.4, -0.2) is 29.0 Å². The Balaban J connectivity index is 2.49. The number of thioether (sulfide) groups is 1. The fourth-order valence-electron chi connectivity index (χ4n) is 1.52. The van der Waals surface area contributed by atoms with E-state index in [1.807, 2.05) is 6.92 Å². The second-order valence-corrected chi connectivity index (χ2v) is 6.37. The molecule has 0 aliphatic carbocycles. The van der Waals surface area contributed by atoms with Crippen molar-refractivity contribution in [3.63, 3.8) is 0 Å². The number of amides is 1. The molecule has 0 radical (unpaired) electrons. The highest BCUT2D eigenvalue weighted by Gasteiger charge is 2.16. The van der Waals surface area contributed by atoms with Gasteiger partial charge < -0.3 is 15.2 Å². The molecule has 122 valence electrons. The third kappa shape index (κ3) is 6.39. The zero-order valence-electron chi connectivity index (χ0n) is 13.2. The number of hydrogen-bond acceptors (Lipinski definition) is 5. The van der Waals surface area contributed by atoms with E-state index in [0.717, 1.165) is 18.6 Å². The third-order valence-electron chi connectivity index (χ3n) is 2.95. The molecular weight excluding hydrogens is 302 g/mol. The van der Waals surface area contributed by atoms with Crippen molar-refractivity contribution in [2.45, 2.75) is 45.0 Å². The predicted molar refractivity (Wildman–Crippen MR) is 88.2 cm³/mol. The monoisotopic (exact) mass is 325 g/mol. The summed E-state index contributed by atoms with van der Waals surface area (Å²) >= 11 is 1.59. The lowest BCUT2D eigenvalue weighted by atomic mass is 10.3. The van der Waals surface area contributed by atoms with Crippen molar-refractivity contribution in [1.29, 1.82) is 0 Å². The zero-order valence-corrected chi connectivity index (χ0v) is 14.0. The van der Waals surface area contributed by atoms with E-state index in [1.165, 1.54) is 0 Å². The van der Waals surface area contributed by atoms with Gasteiger partial charge in [-0.15, -0.1) is 11.8 Å². The van der Waals surface area contributed by atoms with E-state index in [2.05, 4.69) is 6.92 Å². The second kappa shape index (κ2) is 9.35. The van der Waals surface area contributed by atoms with Crippen LogP contribution in [0.15, 0.2) is 24.3 Å². The lowest BCUT2D eigenvalue weighted by Gasteiger charge is -2.13. The van der Waals surface area contributed by atoms with Crippen molar-refractivity contribution < 1.29 is 19.1 Å². The molecule has 0 saturated heterocycles. The Kier molecular flexibility index (Phi) is 7.80. The third-order valence-corrected chi connectivity index (χ3v) is 4.17. The van der Waals surface area contributed by atoms with Crippen LogP contribution in [0.5, 0.6) is 11.5 Å². The summed E-state index contributed by atoms with van der Waals surface area (Å²) in [5.74, 6) is 1.10. The highest BCUT2D eigenvalue weighted by Crippen LogP contribution is 2.21. The number of benzene rings is 1. The van der Waals surface area contributed by atoms with Crippen LogP contribution < -0.4 is 15.2 Å². The number of rotatable bonds is 9. The first-order valence-corrected chi connectivity index (χ1v) is 8.38. The largest absolute Gasteiger partial charge is 0.481 e. The first-order valence-electron chi connectivity index (χ1n) is 7.33. The molecule has 5 nitrogen and oxygen atoms in total. The number of nitrogens with two attached hydrogens (primary N) is 1. The van der Waals surface area contributed by atoms with E-state index in [4.69, 9.17) is 15.2 Å². The van der Waals surface area contributed by atoms with Crippen LogP contribution >= 0.6 is 11.8 Å². The molecule has 0 aliphatic heterocycles. The number of ether oxygens (including phenoxy) is 2. The van der Waals surface area contributed by atoms with Crippen LogP contribution in [-0.2, 0) is 9.59 Å². The van der Waals surface area contributed by atoms with Crippen molar-refractivity contribution in [1.82, 2.24) is 0 Å². The average Bonchev–Trinajstić information content (AvgIpc) is 2.49. The first-order chi connectivity index (χ1) is 10.4. The topological polar surface area (TPSA) is 78.6 Å². The Labute approximate surface area is 135 Å². The lowest BCUT2D eigenvalue weighted by Crippen LogP contribution is -2.30. The molecule has 0 bridgehead atoms. The van der Waals surface area contributed by atoms with Gasteiger partial charge in [0.15, 0.2) is 6.10 Å². The molecular formula is C16H23NO4S. The Hall–Kier alpha value is -1.69. The average molecular weight is 325 g/mol. The summed E-state index contributed by atoms with van der Waals surface area (Å²) in [5.41, 5.74) is 5.13. The number of carbonyl (C=O) groups is 2. The van der Waals surface area contributed by atoms with Gasteiger partial charge in [-0.1, -0.05) is 13.3 Å². The summed E-state index contributed by atoms with van der Waals surface area (Å²) in [5, 5.41) is -0.197. The van der Waals surface area contributed by atoms with Gasteiger partial charge >= 0.3 is 5.97 Å². The molecule has 0 aliphatic rings. The van der Waals surface area contributed by atoms with Crippen molar-refractivity contribution in [2.24, 2.45) is 5.73 Å². The van der Waals surface area contributed by atoms with Gasteiger partial charge in [0.25, 0.3) is 5.91 Å². The second-order valence-electron chi connectivity index (χ2n) is 4.92. The van der Waals surface area contributed by atoms with Gasteiger partial charge in [0, 0.05) is 0 Å². The Morgan fingerprint density at radius 3 is 2.32 bits per heavy atom. The van der Waals surface area contributed by atoms with Crippen molar-refractivity contribution >= 4 is 23.6 Å². The molecule has 1 amide bonds. The highest BCUT2D eigenvalue weighted by atomic mass is 32.2. The van der Waals surface area contributed by atoms with Gasteiger partial charge in [0.2, 0.25) is 0 Å². The number of esters is 1. The van der Waals surface area contributed by atoms with Gasteiger partial charge in [-0.2, -0.15) is 0 Å². The predicted octanol–water partition coefficient (Wildman–Crippen LogP) is 2.77. The smallest absolute Gasteiger partial charge is 0.324 e. The first kappa shape index (κ1) is 18.4. The minimum absolute atomic E-state index is 0.197. The lowest BCUT2D eigenvalue weighted by molar-refractivity contribution is -0.133. The molecule has 0 saturated carbocycles. The molecule has 1 aromatic carbocycles. The maximum absolute atomic E-state index is 11.9. The normalized spacial score (nSPS) is 13.2. The van der Waals surface area contributed by atoms with E-state index in [1.54, 1.807) is 43.0 Å². The quantitative estimate of drug-likeness (QED) is 0.429. The highest BCUT2D eigenvalue weighted by molar-refractivity contribution is 8.00. The number of unbranched alkanes of at least 4 members (excludes halogenated alkanes) is 1. The number of primary amides is 1. The fourth-order valence-corrected chi connectivity index (χ4v) is 2.51. The number of carbonyl (C=O) groups excluding carboxylic acids is 2. The summed E-state index contributed by atoms with van der Waals surface area (Å²) in [6.07, 6.45) is 1.50. The molecule has 0 fully saturated rings. The van der Waals surface area contributed by atoms with E-state index >= 15 is 0 Å². The van der Waals surface area contributed by atoms with Gasteiger partial charge in [0.05, 0.1) is 0 Å². The molecule has 0 aromatic heterocycles. The zero-order chi connectivity index (χ0) is 16.5. The van der Waals surface area contributed by atoms with Crippen LogP contribution in [0.1, 0.15) is 33.6 Å². The van der Waals surface area contributed by atoms with E-state index < -0.39 is 12.0 Å². The Morgan fingerprint density at radius 1 is 1.18 bits per heavy atom. The molecule has 1 rings (SSSR count). The van der Waals surface area contributed by atoms with Crippen LogP contribution in [0.3, 0.4) is 0 Å². The maximum Gasteiger partial charge on any atom is 0.324 e. The van der Waals surface area contributed by atoms with Crippen molar-refractivity contribution in [3.05, 3.63) is 24.3 Å². The van der Waals surface area contributed by atoms with Crippen LogP contribution in [0.25, 0.3) is 0 Å². The summed E-state index contributed by atoms with van der Waals surface area (Å²) in [4.78, 5) is 22.8. The van der Waals surface area contributed by atoms with Gasteiger partial charge in [-0.25, -0.2) is 0 Å². The summed E-state index contributed by atoms with van der Waals surface area (Å²) in [7, 11) is 0. The molecule has 1 aromatic rings. The van der Waals surface area contributed by atoms with E-state index in [9.17, 15) is 9.59 Å². The van der Waals surface area contributed by atoms with Gasteiger partial charge in [-0.05, 0) is 50.3 Å². The summed E-state index contributed by atoms with van der Waals surface area (Å²) in [6, 6.07) is 6.53. The molecule has 22 heavy (non-hydrogen) atoms. The van der Waals surface area contributed by atoms with Gasteiger partial charge in [-0.3, -0.25) is 9.59 Å². The van der Waals surface area contributed by atoms with Crippen LogP contribution in [0, 0.1) is 0 Å². The summed E-state index contributed by atoms with van der Waals surface area (Å²) < 4.78 is 10.6. The molecule has 6 heteroatoms. The van der Waals surface area contributed by atoms with Gasteiger partial charge in [0.1, 0.15) is 16.7 Å². The molecule has 2 atom stereocenters. The van der Waals surface area contributed by atoms with Crippen LogP contribution in [0.2, 0.25) is 0 Å². The van der Waals surface area contributed by atoms with Crippen molar-refractivity contribution in [2.75, 3.05) is 5.75 Å². The number of hydrogen-bond donors (Lipinski definition) is 1. The minimum atomic E-state index is -0.705. The Morgan fingerprint density at radius 2 is 1.77 bits per heavy atom. The Bertz CT molecular complexity index is 489. The van der Waals surface area contributed by atoms with Crippen LogP contribution in [0.4, 0.5) is 0 Å². The molecule has 0 unspecified atom stereocenters. The maximum atomic E-state index is 11.9. The minimum Gasteiger partial charge on any atom is -0.481 e. The van der Waals surface area contributed by atoms with Crippen molar-refractivity contribution in [3.8, 4) is 11.5 Å². The molecule has 0 heterocycles. The van der Waals surface area contributed by atoms with E-state index in [0.29, 0.717) is 11.5 Å². The van der Waals surface area contributed by atoms with E-state index in [-0.39, 0.29) is 11.2 Å². The SMILES string of the molecule is CCCCS[C@@H](C)C(=O)Oc1ccc(O[C@@H](C)C(N)=O)cc1. The molecule has 0 spiro atoms. The fraction of sp³-hybridized carbons (Fsp3) is 0.500. The molecule has 2 N–H and O–H groups in total. The summed E-state index contributed by atoms with van der Waals surface area (Å²) in [6.45, 7) is 5.53.